The Balaban J connectivity index is 1.55. The van der Waals surface area contributed by atoms with E-state index in [4.69, 9.17) is 4.74 Å². The van der Waals surface area contributed by atoms with Crippen molar-refractivity contribution in [3.8, 4) is 5.75 Å². The molecule has 28 heavy (non-hydrogen) atoms. The lowest BCUT2D eigenvalue weighted by molar-refractivity contribution is 0.214. The highest BCUT2D eigenvalue weighted by Crippen LogP contribution is 2.29. The van der Waals surface area contributed by atoms with Crippen LogP contribution in [0.2, 0.25) is 0 Å². The standard InChI is InChI=1S/C22H26N4O2/c1-3-26-15-19(16(2)24-26)14-25-10-11-28-21-8-7-17(12-18(21)13-25)22(27)20-6-4-5-9-23-20/h4-9,12,15,22,27H,3,10-11,13-14H2,1-2H3. The molecule has 1 unspecified atom stereocenters. The fraction of sp³-hybridized carbons (Fsp3) is 0.364. The van der Waals surface area contributed by atoms with Gasteiger partial charge in [0.2, 0.25) is 0 Å². The van der Waals surface area contributed by atoms with Gasteiger partial charge in [-0.1, -0.05) is 12.1 Å². The van der Waals surface area contributed by atoms with Crippen LogP contribution in [-0.4, -0.2) is 37.9 Å². The first-order chi connectivity index (χ1) is 13.6. The van der Waals surface area contributed by atoms with Crippen LogP contribution in [0.15, 0.2) is 48.8 Å². The molecule has 0 saturated carbocycles. The number of aryl methyl sites for hydroxylation is 2. The summed E-state index contributed by atoms with van der Waals surface area (Å²) in [6.07, 6.45) is 3.09. The summed E-state index contributed by atoms with van der Waals surface area (Å²) in [6.45, 7) is 8.14. The van der Waals surface area contributed by atoms with Gasteiger partial charge < -0.3 is 9.84 Å². The van der Waals surface area contributed by atoms with Gasteiger partial charge in [-0.25, -0.2) is 0 Å². The number of rotatable bonds is 5. The molecule has 0 radical (unpaired) electrons. The molecule has 1 aliphatic rings. The largest absolute Gasteiger partial charge is 0.492 e. The van der Waals surface area contributed by atoms with E-state index in [-0.39, 0.29) is 0 Å². The Kier molecular flexibility index (Phi) is 5.41. The van der Waals surface area contributed by atoms with Gasteiger partial charge in [-0.15, -0.1) is 0 Å². The Hall–Kier alpha value is -2.70. The zero-order valence-corrected chi connectivity index (χ0v) is 16.4. The third-order valence-electron chi connectivity index (χ3n) is 5.19. The van der Waals surface area contributed by atoms with Crippen LogP contribution < -0.4 is 4.74 Å². The van der Waals surface area contributed by atoms with Crippen molar-refractivity contribution in [2.75, 3.05) is 13.2 Å². The molecule has 1 aromatic carbocycles. The Bertz CT molecular complexity index is 939. The molecule has 1 N–H and O–H groups in total. The molecular formula is C22H26N4O2. The first kappa shape index (κ1) is 18.7. The van der Waals surface area contributed by atoms with E-state index in [0.29, 0.717) is 12.3 Å². The molecule has 0 bridgehead atoms. The maximum absolute atomic E-state index is 10.7. The highest BCUT2D eigenvalue weighted by atomic mass is 16.5. The summed E-state index contributed by atoms with van der Waals surface area (Å²) in [4.78, 5) is 6.64. The normalized spacial score (nSPS) is 15.5. The van der Waals surface area contributed by atoms with Crippen molar-refractivity contribution in [1.82, 2.24) is 19.7 Å². The average Bonchev–Trinajstić information content (AvgIpc) is 2.95. The third kappa shape index (κ3) is 3.93. The number of aliphatic hydroxyl groups is 1. The van der Waals surface area contributed by atoms with Gasteiger partial charge in [-0.2, -0.15) is 5.10 Å². The summed E-state index contributed by atoms with van der Waals surface area (Å²) < 4.78 is 7.93. The lowest BCUT2D eigenvalue weighted by atomic mass is 10.0. The molecule has 6 heteroatoms. The minimum atomic E-state index is -0.742. The van der Waals surface area contributed by atoms with Crippen LogP contribution in [0.25, 0.3) is 0 Å². The van der Waals surface area contributed by atoms with E-state index in [9.17, 15) is 5.11 Å². The highest BCUT2D eigenvalue weighted by Gasteiger charge is 2.20. The molecule has 1 aliphatic heterocycles. The maximum Gasteiger partial charge on any atom is 0.123 e. The number of benzene rings is 1. The molecule has 4 rings (SSSR count). The monoisotopic (exact) mass is 378 g/mol. The van der Waals surface area contributed by atoms with Crippen LogP contribution in [0, 0.1) is 6.92 Å². The molecule has 0 amide bonds. The van der Waals surface area contributed by atoms with Gasteiger partial charge in [0.25, 0.3) is 0 Å². The number of hydrogen-bond donors (Lipinski definition) is 1. The van der Waals surface area contributed by atoms with Gasteiger partial charge in [-0.3, -0.25) is 14.6 Å². The number of pyridine rings is 1. The highest BCUT2D eigenvalue weighted by molar-refractivity contribution is 5.40. The van der Waals surface area contributed by atoms with E-state index in [2.05, 4.69) is 35.0 Å². The summed E-state index contributed by atoms with van der Waals surface area (Å²) in [5, 5.41) is 15.3. The molecule has 0 saturated heterocycles. The van der Waals surface area contributed by atoms with Gasteiger partial charge in [0.15, 0.2) is 0 Å². The van der Waals surface area contributed by atoms with Crippen LogP contribution in [0.4, 0.5) is 0 Å². The molecule has 3 heterocycles. The van der Waals surface area contributed by atoms with Crippen LogP contribution >= 0.6 is 0 Å². The summed E-state index contributed by atoms with van der Waals surface area (Å²) in [7, 11) is 0. The van der Waals surface area contributed by atoms with E-state index in [1.807, 2.05) is 41.1 Å². The van der Waals surface area contributed by atoms with Crippen LogP contribution in [-0.2, 0) is 19.6 Å². The van der Waals surface area contributed by atoms with Gasteiger partial charge in [0.05, 0.1) is 11.4 Å². The van der Waals surface area contributed by atoms with Crippen LogP contribution in [0.3, 0.4) is 0 Å². The third-order valence-corrected chi connectivity index (χ3v) is 5.19. The minimum absolute atomic E-state index is 0.649. The maximum atomic E-state index is 10.7. The number of hydrogen-bond acceptors (Lipinski definition) is 5. The molecule has 6 nitrogen and oxygen atoms in total. The second-order valence-corrected chi connectivity index (χ2v) is 7.18. The molecule has 1 atom stereocenters. The lowest BCUT2D eigenvalue weighted by Crippen LogP contribution is -2.25. The van der Waals surface area contributed by atoms with Gasteiger partial charge in [0, 0.05) is 49.7 Å². The first-order valence-electron chi connectivity index (χ1n) is 9.74. The summed E-state index contributed by atoms with van der Waals surface area (Å²) in [6, 6.07) is 11.5. The van der Waals surface area contributed by atoms with E-state index in [1.165, 1.54) is 5.56 Å². The Morgan fingerprint density at radius 3 is 2.89 bits per heavy atom. The summed E-state index contributed by atoms with van der Waals surface area (Å²) in [5.41, 5.74) is 4.89. The molecule has 0 aliphatic carbocycles. The van der Waals surface area contributed by atoms with Crippen molar-refractivity contribution in [2.24, 2.45) is 0 Å². The van der Waals surface area contributed by atoms with Crippen LogP contribution in [0.5, 0.6) is 5.75 Å². The van der Waals surface area contributed by atoms with Crippen molar-refractivity contribution in [3.63, 3.8) is 0 Å². The topological polar surface area (TPSA) is 63.4 Å². The summed E-state index contributed by atoms with van der Waals surface area (Å²) in [5.74, 6) is 0.889. The number of fused-ring (bicyclic) bond motifs is 1. The Morgan fingerprint density at radius 1 is 1.25 bits per heavy atom. The van der Waals surface area contributed by atoms with Crippen molar-refractivity contribution in [3.05, 3.63) is 76.9 Å². The second kappa shape index (κ2) is 8.12. The van der Waals surface area contributed by atoms with Gasteiger partial charge in [-0.05, 0) is 43.7 Å². The molecule has 146 valence electrons. The van der Waals surface area contributed by atoms with Crippen molar-refractivity contribution < 1.29 is 9.84 Å². The number of aliphatic hydroxyl groups excluding tert-OH is 1. The Morgan fingerprint density at radius 2 is 2.14 bits per heavy atom. The first-order valence-corrected chi connectivity index (χ1v) is 9.74. The molecular weight excluding hydrogens is 352 g/mol. The van der Waals surface area contributed by atoms with Crippen molar-refractivity contribution in [1.29, 1.82) is 0 Å². The number of aromatic nitrogens is 3. The lowest BCUT2D eigenvalue weighted by Gasteiger charge is -2.19. The van der Waals surface area contributed by atoms with E-state index >= 15 is 0 Å². The Labute approximate surface area is 165 Å². The zero-order valence-electron chi connectivity index (χ0n) is 16.4. The van der Waals surface area contributed by atoms with E-state index in [0.717, 1.165) is 48.7 Å². The fourth-order valence-electron chi connectivity index (χ4n) is 3.60. The average molecular weight is 378 g/mol. The minimum Gasteiger partial charge on any atom is -0.492 e. The zero-order chi connectivity index (χ0) is 19.5. The fourth-order valence-corrected chi connectivity index (χ4v) is 3.60. The molecule has 2 aromatic heterocycles. The quantitative estimate of drug-likeness (QED) is 0.739. The second-order valence-electron chi connectivity index (χ2n) is 7.18. The predicted octanol–water partition coefficient (Wildman–Crippen LogP) is 3.08. The predicted molar refractivity (Wildman–Crippen MR) is 107 cm³/mol. The molecule has 0 spiro atoms. The van der Waals surface area contributed by atoms with Gasteiger partial charge in [0.1, 0.15) is 18.5 Å². The molecule has 0 fully saturated rings. The smallest absolute Gasteiger partial charge is 0.123 e. The number of ether oxygens (including phenoxy) is 1. The summed E-state index contributed by atoms with van der Waals surface area (Å²) >= 11 is 0. The van der Waals surface area contributed by atoms with Crippen molar-refractivity contribution >= 4 is 0 Å². The van der Waals surface area contributed by atoms with Crippen LogP contribution in [0.1, 0.15) is 41.1 Å². The SMILES string of the molecule is CCn1cc(CN2CCOc3ccc(C(O)c4ccccn4)cc3C2)c(C)n1. The van der Waals surface area contributed by atoms with Crippen molar-refractivity contribution in [2.45, 2.75) is 39.6 Å². The van der Waals surface area contributed by atoms with E-state index < -0.39 is 6.10 Å². The molecule has 3 aromatic rings. The van der Waals surface area contributed by atoms with E-state index in [1.54, 1.807) is 6.20 Å². The number of nitrogens with zero attached hydrogens (tertiary/aromatic N) is 4. The van der Waals surface area contributed by atoms with Gasteiger partial charge >= 0.3 is 0 Å².